The van der Waals surface area contributed by atoms with Crippen LogP contribution >= 0.6 is 0 Å². The Morgan fingerprint density at radius 1 is 1.28 bits per heavy atom. The summed E-state index contributed by atoms with van der Waals surface area (Å²) in [6.45, 7) is 2.48. The summed E-state index contributed by atoms with van der Waals surface area (Å²) in [5.41, 5.74) is 0.809. The zero-order valence-corrected chi connectivity index (χ0v) is 10.3. The third kappa shape index (κ3) is 2.97. The molecule has 2 rings (SSSR count). The molecule has 0 aliphatic carbocycles. The Morgan fingerprint density at radius 3 is 2.94 bits per heavy atom. The van der Waals surface area contributed by atoms with E-state index in [9.17, 15) is 4.79 Å². The number of carbonyl (C=O) groups is 1. The fourth-order valence-electron chi connectivity index (χ4n) is 1.67. The largest absolute Gasteiger partial charge is 0.491 e. The molecular formula is C14H15NO3. The molecule has 1 aromatic heterocycles. The van der Waals surface area contributed by atoms with Crippen molar-refractivity contribution in [1.29, 1.82) is 0 Å². The number of ether oxygens (including phenoxy) is 2. The van der Waals surface area contributed by atoms with E-state index in [-0.39, 0.29) is 12.4 Å². The number of hydrogen-bond acceptors (Lipinski definition) is 4. The minimum Gasteiger partial charge on any atom is -0.491 e. The second-order valence-electron chi connectivity index (χ2n) is 3.73. The van der Waals surface area contributed by atoms with Gasteiger partial charge in [-0.2, -0.15) is 0 Å². The van der Waals surface area contributed by atoms with Crippen molar-refractivity contribution in [3.63, 3.8) is 0 Å². The van der Waals surface area contributed by atoms with Gasteiger partial charge in [0.15, 0.2) is 0 Å². The van der Waals surface area contributed by atoms with Crippen molar-refractivity contribution < 1.29 is 14.3 Å². The van der Waals surface area contributed by atoms with E-state index in [0.717, 1.165) is 10.9 Å². The number of carbonyl (C=O) groups excluding carboxylic acids is 1. The molecule has 0 aliphatic rings. The number of aromatic nitrogens is 1. The SMILES string of the molecule is CCOC(=O)CCOc1cccc2cccnc12. The van der Waals surface area contributed by atoms with Gasteiger partial charge in [-0.3, -0.25) is 9.78 Å². The Bertz CT molecular complexity index is 534. The molecule has 0 fully saturated rings. The lowest BCUT2D eigenvalue weighted by atomic mass is 10.2. The molecule has 0 spiro atoms. The first kappa shape index (κ1) is 12.4. The molecule has 0 atom stereocenters. The van der Waals surface area contributed by atoms with Crippen molar-refractivity contribution in [3.05, 3.63) is 36.5 Å². The van der Waals surface area contributed by atoms with Crippen molar-refractivity contribution in [3.8, 4) is 5.75 Å². The van der Waals surface area contributed by atoms with E-state index >= 15 is 0 Å². The van der Waals surface area contributed by atoms with Gasteiger partial charge in [0, 0.05) is 11.6 Å². The number of benzene rings is 1. The molecule has 1 heterocycles. The molecule has 0 radical (unpaired) electrons. The Kier molecular flexibility index (Phi) is 4.12. The Morgan fingerprint density at radius 2 is 2.11 bits per heavy atom. The van der Waals surface area contributed by atoms with Gasteiger partial charge in [-0.1, -0.05) is 18.2 Å². The van der Waals surface area contributed by atoms with Crippen molar-refractivity contribution >= 4 is 16.9 Å². The van der Waals surface area contributed by atoms with Crippen molar-refractivity contribution in [1.82, 2.24) is 4.98 Å². The average molecular weight is 245 g/mol. The molecule has 0 saturated carbocycles. The minimum absolute atomic E-state index is 0.245. The second kappa shape index (κ2) is 6.00. The van der Waals surface area contributed by atoms with Crippen LogP contribution in [0.3, 0.4) is 0 Å². The summed E-state index contributed by atoms with van der Waals surface area (Å²) in [6, 6.07) is 9.58. The summed E-state index contributed by atoms with van der Waals surface area (Å²) in [4.78, 5) is 15.5. The summed E-state index contributed by atoms with van der Waals surface area (Å²) in [5, 5.41) is 1.02. The third-order valence-electron chi connectivity index (χ3n) is 2.46. The molecule has 1 aromatic carbocycles. The van der Waals surface area contributed by atoms with Crippen LogP contribution in [0.15, 0.2) is 36.5 Å². The van der Waals surface area contributed by atoms with Crippen LogP contribution in [0.4, 0.5) is 0 Å². The lowest BCUT2D eigenvalue weighted by molar-refractivity contribution is -0.143. The average Bonchev–Trinajstić information content (AvgIpc) is 2.39. The summed E-state index contributed by atoms with van der Waals surface area (Å²) in [7, 11) is 0. The van der Waals surface area contributed by atoms with E-state index in [2.05, 4.69) is 4.98 Å². The zero-order chi connectivity index (χ0) is 12.8. The first-order valence-corrected chi connectivity index (χ1v) is 5.93. The van der Waals surface area contributed by atoms with Gasteiger partial charge >= 0.3 is 5.97 Å². The Hall–Kier alpha value is -2.10. The summed E-state index contributed by atoms with van der Waals surface area (Å²) in [5.74, 6) is 0.447. The molecule has 0 aliphatic heterocycles. The normalized spacial score (nSPS) is 10.3. The number of para-hydroxylation sites is 1. The van der Waals surface area contributed by atoms with Crippen LogP contribution in [0.5, 0.6) is 5.75 Å². The molecule has 2 aromatic rings. The maximum atomic E-state index is 11.2. The molecule has 18 heavy (non-hydrogen) atoms. The fourth-order valence-corrected chi connectivity index (χ4v) is 1.67. The number of rotatable bonds is 5. The Labute approximate surface area is 106 Å². The van der Waals surface area contributed by atoms with Gasteiger partial charge in [0.1, 0.15) is 11.3 Å². The van der Waals surface area contributed by atoms with E-state index < -0.39 is 0 Å². The van der Waals surface area contributed by atoms with Gasteiger partial charge < -0.3 is 9.47 Å². The Balaban J connectivity index is 2.01. The molecule has 0 saturated heterocycles. The van der Waals surface area contributed by atoms with Crippen LogP contribution in [0.25, 0.3) is 10.9 Å². The lowest BCUT2D eigenvalue weighted by Gasteiger charge is -2.08. The van der Waals surface area contributed by atoms with Crippen LogP contribution < -0.4 is 4.74 Å². The first-order chi connectivity index (χ1) is 8.81. The third-order valence-corrected chi connectivity index (χ3v) is 2.46. The summed E-state index contributed by atoms with van der Waals surface area (Å²) < 4.78 is 10.4. The van der Waals surface area contributed by atoms with Crippen molar-refractivity contribution in [2.45, 2.75) is 13.3 Å². The molecule has 4 nitrogen and oxygen atoms in total. The van der Waals surface area contributed by atoms with Gasteiger partial charge in [0.2, 0.25) is 0 Å². The molecule has 0 unspecified atom stereocenters. The molecule has 0 bridgehead atoms. The highest BCUT2D eigenvalue weighted by molar-refractivity contribution is 5.84. The summed E-state index contributed by atoms with van der Waals surface area (Å²) in [6.07, 6.45) is 1.97. The smallest absolute Gasteiger partial charge is 0.309 e. The van der Waals surface area contributed by atoms with E-state index in [4.69, 9.17) is 9.47 Å². The maximum absolute atomic E-state index is 11.2. The minimum atomic E-state index is -0.245. The molecule has 4 heteroatoms. The predicted octanol–water partition coefficient (Wildman–Crippen LogP) is 2.57. The van der Waals surface area contributed by atoms with Gasteiger partial charge in [-0.15, -0.1) is 0 Å². The van der Waals surface area contributed by atoms with Gasteiger partial charge in [0.25, 0.3) is 0 Å². The first-order valence-electron chi connectivity index (χ1n) is 5.93. The predicted molar refractivity (Wildman–Crippen MR) is 68.5 cm³/mol. The van der Waals surface area contributed by atoms with Crippen LogP contribution in [0.2, 0.25) is 0 Å². The zero-order valence-electron chi connectivity index (χ0n) is 10.3. The molecule has 0 N–H and O–H groups in total. The number of fused-ring (bicyclic) bond motifs is 1. The van der Waals surface area contributed by atoms with Crippen LogP contribution in [0.1, 0.15) is 13.3 Å². The van der Waals surface area contributed by atoms with E-state index in [1.54, 1.807) is 13.1 Å². The monoisotopic (exact) mass is 245 g/mol. The lowest BCUT2D eigenvalue weighted by Crippen LogP contribution is -2.09. The fraction of sp³-hybridized carbons (Fsp3) is 0.286. The molecule has 94 valence electrons. The number of hydrogen-bond donors (Lipinski definition) is 0. The van der Waals surface area contributed by atoms with Crippen LogP contribution in [-0.2, 0) is 9.53 Å². The van der Waals surface area contributed by atoms with Crippen LogP contribution in [-0.4, -0.2) is 24.2 Å². The van der Waals surface area contributed by atoms with Crippen LogP contribution in [0, 0.1) is 0 Å². The highest BCUT2D eigenvalue weighted by atomic mass is 16.5. The molecular weight excluding hydrogens is 230 g/mol. The van der Waals surface area contributed by atoms with Gasteiger partial charge in [-0.25, -0.2) is 0 Å². The van der Waals surface area contributed by atoms with Gasteiger partial charge in [0.05, 0.1) is 19.6 Å². The van der Waals surface area contributed by atoms with E-state index in [1.807, 2.05) is 30.3 Å². The molecule has 0 amide bonds. The second-order valence-corrected chi connectivity index (χ2v) is 3.73. The van der Waals surface area contributed by atoms with Gasteiger partial charge in [-0.05, 0) is 19.1 Å². The maximum Gasteiger partial charge on any atom is 0.309 e. The van der Waals surface area contributed by atoms with E-state index in [0.29, 0.717) is 19.0 Å². The standard InChI is InChI=1S/C14H15NO3/c1-2-17-13(16)8-10-18-12-7-3-5-11-6-4-9-15-14(11)12/h3-7,9H,2,8,10H2,1H3. The topological polar surface area (TPSA) is 48.4 Å². The van der Waals surface area contributed by atoms with E-state index in [1.165, 1.54) is 0 Å². The highest BCUT2D eigenvalue weighted by Crippen LogP contribution is 2.22. The number of pyridine rings is 1. The summed E-state index contributed by atoms with van der Waals surface area (Å²) >= 11 is 0. The van der Waals surface area contributed by atoms with Crippen molar-refractivity contribution in [2.24, 2.45) is 0 Å². The van der Waals surface area contributed by atoms with Crippen molar-refractivity contribution in [2.75, 3.05) is 13.2 Å². The number of esters is 1. The highest BCUT2D eigenvalue weighted by Gasteiger charge is 2.05. The quantitative estimate of drug-likeness (QED) is 0.759. The number of nitrogens with zero attached hydrogens (tertiary/aromatic N) is 1.